The van der Waals surface area contributed by atoms with Crippen molar-refractivity contribution in [3.63, 3.8) is 0 Å². The van der Waals surface area contributed by atoms with Crippen LogP contribution >= 0.6 is 11.6 Å². The number of halogens is 7. The van der Waals surface area contributed by atoms with E-state index in [0.717, 1.165) is 0 Å². The molecule has 0 aliphatic carbocycles. The van der Waals surface area contributed by atoms with Crippen molar-refractivity contribution in [1.82, 2.24) is 0 Å². The number of benzene rings is 3. The van der Waals surface area contributed by atoms with Crippen LogP contribution in [0.2, 0.25) is 5.02 Å². The van der Waals surface area contributed by atoms with Crippen molar-refractivity contribution in [2.75, 3.05) is 16.6 Å². The van der Waals surface area contributed by atoms with Gasteiger partial charge in [0.15, 0.2) is 6.61 Å². The first kappa shape index (κ1) is 28.1. The topological polar surface area (TPSA) is 84.5 Å². The summed E-state index contributed by atoms with van der Waals surface area (Å²) in [6.07, 6.45) is -10.1. The Morgan fingerprint density at radius 3 is 1.95 bits per heavy atom. The van der Waals surface area contributed by atoms with Crippen LogP contribution in [0.4, 0.5) is 37.7 Å². The summed E-state index contributed by atoms with van der Waals surface area (Å²) in [6.45, 7) is 0.713. The van der Waals surface area contributed by atoms with Crippen LogP contribution in [0.5, 0.6) is 5.75 Å². The maximum absolute atomic E-state index is 13.0. The van der Waals surface area contributed by atoms with Gasteiger partial charge in [-0.05, 0) is 73.2 Å². The van der Waals surface area contributed by atoms with Gasteiger partial charge >= 0.3 is 12.4 Å². The van der Waals surface area contributed by atoms with Gasteiger partial charge in [-0.15, -0.1) is 0 Å². The van der Waals surface area contributed by atoms with E-state index in [1.165, 1.54) is 49.4 Å². The van der Waals surface area contributed by atoms with Crippen molar-refractivity contribution in [3.05, 3.63) is 82.4 Å². The Labute approximate surface area is 212 Å². The van der Waals surface area contributed by atoms with Crippen molar-refractivity contribution in [1.29, 1.82) is 0 Å². The van der Waals surface area contributed by atoms with Gasteiger partial charge in [-0.2, -0.15) is 26.3 Å². The number of carbonyl (C=O) groups excluding carboxylic acids is 1. The molecule has 1 amide bonds. The molecule has 2 N–H and O–H groups in total. The summed E-state index contributed by atoms with van der Waals surface area (Å²) in [5.41, 5.74) is -3.33. The van der Waals surface area contributed by atoms with E-state index in [9.17, 15) is 39.6 Å². The van der Waals surface area contributed by atoms with E-state index in [1.807, 2.05) is 5.32 Å². The molecule has 0 saturated heterocycles. The molecule has 0 saturated carbocycles. The number of nitrogens with one attached hydrogen (secondary N) is 2. The van der Waals surface area contributed by atoms with Gasteiger partial charge in [0.2, 0.25) is 0 Å². The first-order valence-electron chi connectivity index (χ1n) is 10.2. The molecule has 0 unspecified atom stereocenters. The van der Waals surface area contributed by atoms with Crippen LogP contribution in [0.15, 0.2) is 65.6 Å². The van der Waals surface area contributed by atoms with Crippen LogP contribution in [0.3, 0.4) is 0 Å². The number of rotatable bonds is 7. The molecule has 37 heavy (non-hydrogen) atoms. The highest BCUT2D eigenvalue weighted by Gasteiger charge is 2.37. The number of anilines is 2. The SMILES string of the molecule is Cc1cc(S(=O)(=O)Nc2ccc(Cl)cc2)ccc1OCC(=O)Nc1cc(C(F)(F)F)cc(C(F)(F)F)c1. The molecule has 0 aliphatic heterocycles. The second-order valence-corrected chi connectivity index (χ2v) is 9.79. The van der Waals surface area contributed by atoms with E-state index >= 15 is 0 Å². The summed E-state index contributed by atoms with van der Waals surface area (Å²) in [5, 5.41) is 2.36. The lowest BCUT2D eigenvalue weighted by Crippen LogP contribution is -2.21. The molecule has 0 heterocycles. The Balaban J connectivity index is 1.70. The van der Waals surface area contributed by atoms with Gasteiger partial charge in [0, 0.05) is 16.4 Å². The van der Waals surface area contributed by atoms with Crippen LogP contribution in [0, 0.1) is 6.92 Å². The molecule has 14 heteroatoms. The lowest BCUT2D eigenvalue weighted by molar-refractivity contribution is -0.143. The van der Waals surface area contributed by atoms with Crippen LogP contribution in [-0.4, -0.2) is 20.9 Å². The van der Waals surface area contributed by atoms with E-state index in [1.54, 1.807) is 0 Å². The summed E-state index contributed by atoms with van der Waals surface area (Å²) < 4.78 is 111. The van der Waals surface area contributed by atoms with E-state index in [4.69, 9.17) is 16.3 Å². The summed E-state index contributed by atoms with van der Waals surface area (Å²) in [5.74, 6) is -0.964. The van der Waals surface area contributed by atoms with Gasteiger partial charge in [0.1, 0.15) is 5.75 Å². The molecular weight excluding hydrogens is 550 g/mol. The van der Waals surface area contributed by atoms with Gasteiger partial charge in [0.25, 0.3) is 15.9 Å². The smallest absolute Gasteiger partial charge is 0.416 e. The third-order valence-corrected chi connectivity index (χ3v) is 6.41. The molecule has 0 spiro atoms. The van der Waals surface area contributed by atoms with Gasteiger partial charge in [0.05, 0.1) is 16.0 Å². The van der Waals surface area contributed by atoms with E-state index in [-0.39, 0.29) is 22.4 Å². The van der Waals surface area contributed by atoms with Crippen molar-refractivity contribution in [3.8, 4) is 5.75 Å². The standard InChI is InChI=1S/C23H17ClF6N2O4S/c1-13-8-19(37(34,35)32-17-4-2-16(24)3-5-17)6-7-20(13)36-12-21(33)31-18-10-14(22(25,26)27)9-15(11-18)23(28,29)30/h2-11,32H,12H2,1H3,(H,31,33). The van der Waals surface area contributed by atoms with Crippen LogP contribution in [0.25, 0.3) is 0 Å². The van der Waals surface area contributed by atoms with Gasteiger partial charge in [-0.3, -0.25) is 9.52 Å². The average Bonchev–Trinajstić information content (AvgIpc) is 2.78. The number of sulfonamides is 1. The fourth-order valence-electron chi connectivity index (χ4n) is 3.05. The normalized spacial score (nSPS) is 12.2. The lowest BCUT2D eigenvalue weighted by Gasteiger charge is -2.15. The zero-order valence-electron chi connectivity index (χ0n) is 18.7. The van der Waals surface area contributed by atoms with Crippen molar-refractivity contribution in [2.24, 2.45) is 0 Å². The minimum atomic E-state index is -5.07. The molecule has 0 radical (unpaired) electrons. The maximum atomic E-state index is 13.0. The van der Waals surface area contributed by atoms with Crippen molar-refractivity contribution < 1.29 is 44.3 Å². The Morgan fingerprint density at radius 1 is 0.865 bits per heavy atom. The molecule has 0 atom stereocenters. The Bertz CT molecular complexity index is 1380. The number of carbonyl (C=O) groups is 1. The minimum Gasteiger partial charge on any atom is -0.483 e. The first-order valence-corrected chi connectivity index (χ1v) is 12.0. The molecule has 3 aromatic rings. The molecule has 6 nitrogen and oxygen atoms in total. The Kier molecular flexibility index (Phi) is 7.98. The summed E-state index contributed by atoms with van der Waals surface area (Å²) in [4.78, 5) is 12.0. The average molecular weight is 567 g/mol. The summed E-state index contributed by atoms with van der Waals surface area (Å²) in [7, 11) is -3.98. The lowest BCUT2D eigenvalue weighted by atomic mass is 10.1. The zero-order chi connectivity index (χ0) is 27.6. The number of ether oxygens (including phenoxy) is 1. The minimum absolute atomic E-state index is 0.0626. The maximum Gasteiger partial charge on any atom is 0.416 e. The monoisotopic (exact) mass is 566 g/mol. The molecule has 0 aliphatic rings. The predicted molar refractivity (Wildman–Crippen MR) is 124 cm³/mol. The second-order valence-electron chi connectivity index (χ2n) is 7.67. The number of hydrogen-bond donors (Lipinski definition) is 2. The number of aryl methyl sites for hydroxylation is 1. The number of hydrogen-bond acceptors (Lipinski definition) is 4. The van der Waals surface area contributed by atoms with Crippen LogP contribution in [0.1, 0.15) is 16.7 Å². The quantitative estimate of drug-likeness (QED) is 0.320. The molecule has 3 rings (SSSR count). The van der Waals surface area contributed by atoms with Crippen molar-refractivity contribution in [2.45, 2.75) is 24.2 Å². The Hall–Kier alpha value is -3.45. The van der Waals surface area contributed by atoms with Crippen LogP contribution in [-0.2, 0) is 27.2 Å². The third-order valence-electron chi connectivity index (χ3n) is 4.78. The van der Waals surface area contributed by atoms with Gasteiger partial charge in [-0.1, -0.05) is 11.6 Å². The zero-order valence-corrected chi connectivity index (χ0v) is 20.2. The molecule has 0 aromatic heterocycles. The first-order chi connectivity index (χ1) is 17.0. The van der Waals surface area contributed by atoms with Gasteiger partial charge < -0.3 is 10.1 Å². The Morgan fingerprint density at radius 2 is 1.43 bits per heavy atom. The highest BCUT2D eigenvalue weighted by atomic mass is 35.5. The van der Waals surface area contributed by atoms with E-state index < -0.39 is 51.7 Å². The molecule has 3 aromatic carbocycles. The molecular formula is C23H17ClF6N2O4S. The second kappa shape index (κ2) is 10.5. The largest absolute Gasteiger partial charge is 0.483 e. The fraction of sp³-hybridized carbons (Fsp3) is 0.174. The third kappa shape index (κ3) is 7.52. The van der Waals surface area contributed by atoms with Gasteiger partial charge in [-0.25, -0.2) is 8.42 Å². The predicted octanol–water partition coefficient (Wildman–Crippen LogP) is 6.50. The molecule has 0 bridgehead atoms. The molecule has 198 valence electrons. The molecule has 0 fully saturated rings. The van der Waals surface area contributed by atoms with E-state index in [0.29, 0.717) is 22.7 Å². The summed E-state index contributed by atoms with van der Waals surface area (Å²) >= 11 is 5.78. The van der Waals surface area contributed by atoms with Crippen molar-refractivity contribution >= 4 is 38.9 Å². The van der Waals surface area contributed by atoms with Crippen LogP contribution < -0.4 is 14.8 Å². The number of alkyl halides is 6. The highest BCUT2D eigenvalue weighted by Crippen LogP contribution is 2.37. The number of amides is 1. The summed E-state index contributed by atoms with van der Waals surface area (Å²) in [6, 6.07) is 10.3. The highest BCUT2D eigenvalue weighted by molar-refractivity contribution is 7.92. The van der Waals surface area contributed by atoms with E-state index in [2.05, 4.69) is 4.72 Å². The fourth-order valence-corrected chi connectivity index (χ4v) is 4.32.